The smallest absolute Gasteiger partial charge is 0.140 e. The zero-order chi connectivity index (χ0) is 11.7. The van der Waals surface area contributed by atoms with Crippen molar-refractivity contribution in [3.63, 3.8) is 0 Å². The molecule has 0 radical (unpaired) electrons. The van der Waals surface area contributed by atoms with Gasteiger partial charge < -0.3 is 5.73 Å². The van der Waals surface area contributed by atoms with E-state index in [1.165, 1.54) is 6.20 Å². The Hall–Kier alpha value is -0.900. The summed E-state index contributed by atoms with van der Waals surface area (Å²) < 4.78 is 1.60. The molecule has 2 aromatic rings. The number of nitrogen functional groups attached to an aromatic ring is 1. The van der Waals surface area contributed by atoms with Gasteiger partial charge >= 0.3 is 0 Å². The highest BCUT2D eigenvalue weighted by molar-refractivity contribution is 6.42. The first-order valence-electron chi connectivity index (χ1n) is 4.48. The molecule has 0 amide bonds. The lowest BCUT2D eigenvalue weighted by atomic mass is 10.2. The largest absolute Gasteiger partial charge is 0.383 e. The van der Waals surface area contributed by atoms with E-state index in [4.69, 9.17) is 40.5 Å². The normalized spacial score (nSPS) is 10.7. The molecule has 3 nitrogen and oxygen atoms in total. The van der Waals surface area contributed by atoms with Gasteiger partial charge in [-0.15, -0.1) is 0 Å². The molecule has 1 aromatic carbocycles. The Morgan fingerprint density at radius 2 is 1.88 bits per heavy atom. The van der Waals surface area contributed by atoms with E-state index >= 15 is 0 Å². The molecule has 84 valence electrons. The summed E-state index contributed by atoms with van der Waals surface area (Å²) in [5.74, 6) is 0.438. The Kier molecular flexibility index (Phi) is 3.28. The van der Waals surface area contributed by atoms with E-state index in [1.54, 1.807) is 16.8 Å². The van der Waals surface area contributed by atoms with Crippen LogP contribution in [0.1, 0.15) is 5.56 Å². The van der Waals surface area contributed by atoms with Gasteiger partial charge in [0.05, 0.1) is 22.8 Å². The fourth-order valence-corrected chi connectivity index (χ4v) is 1.77. The quantitative estimate of drug-likeness (QED) is 0.912. The minimum atomic E-state index is 0.438. The molecular formula is C10H8Cl3N3. The van der Waals surface area contributed by atoms with Gasteiger partial charge in [-0.05, 0) is 17.7 Å². The average molecular weight is 277 g/mol. The van der Waals surface area contributed by atoms with Crippen molar-refractivity contribution in [2.45, 2.75) is 6.54 Å². The van der Waals surface area contributed by atoms with Gasteiger partial charge in [-0.25, -0.2) is 4.68 Å². The Balaban J connectivity index is 2.27. The van der Waals surface area contributed by atoms with Crippen molar-refractivity contribution in [1.29, 1.82) is 0 Å². The highest BCUT2D eigenvalue weighted by Crippen LogP contribution is 2.24. The predicted molar refractivity (Wildman–Crippen MR) is 67.2 cm³/mol. The van der Waals surface area contributed by atoms with Gasteiger partial charge in [-0.3, -0.25) is 0 Å². The standard InChI is InChI=1S/C10H8Cl3N3/c11-7-2-1-6(3-8(7)12)5-16-10(14)9(13)4-15-16/h1-4H,5,14H2. The Morgan fingerprint density at radius 3 is 2.44 bits per heavy atom. The number of halogens is 3. The van der Waals surface area contributed by atoms with E-state index in [0.717, 1.165) is 5.56 Å². The molecule has 0 atom stereocenters. The molecule has 0 spiro atoms. The van der Waals surface area contributed by atoms with Gasteiger partial charge in [0.25, 0.3) is 0 Å². The molecule has 0 saturated heterocycles. The fourth-order valence-electron chi connectivity index (χ4n) is 1.31. The molecule has 1 aromatic heterocycles. The van der Waals surface area contributed by atoms with Crippen LogP contribution < -0.4 is 5.73 Å². The topological polar surface area (TPSA) is 43.8 Å². The van der Waals surface area contributed by atoms with Crippen LogP contribution in [0.25, 0.3) is 0 Å². The summed E-state index contributed by atoms with van der Waals surface area (Å²) in [6.45, 7) is 0.509. The minimum absolute atomic E-state index is 0.438. The Bertz CT molecular complexity index is 522. The maximum atomic E-state index is 5.91. The number of anilines is 1. The lowest BCUT2D eigenvalue weighted by Crippen LogP contribution is -2.05. The maximum absolute atomic E-state index is 5.91. The first-order valence-corrected chi connectivity index (χ1v) is 5.62. The van der Waals surface area contributed by atoms with Crippen molar-refractivity contribution in [2.24, 2.45) is 0 Å². The molecule has 6 heteroatoms. The molecule has 1 heterocycles. The van der Waals surface area contributed by atoms with Gasteiger partial charge in [-0.2, -0.15) is 5.10 Å². The van der Waals surface area contributed by atoms with Crippen molar-refractivity contribution >= 4 is 40.6 Å². The molecule has 0 fully saturated rings. The molecular weight excluding hydrogens is 268 g/mol. The average Bonchev–Trinajstić information content (AvgIpc) is 2.55. The summed E-state index contributed by atoms with van der Waals surface area (Å²) in [4.78, 5) is 0. The van der Waals surface area contributed by atoms with Crippen LogP contribution in [0.5, 0.6) is 0 Å². The Morgan fingerprint density at radius 1 is 1.12 bits per heavy atom. The number of nitrogens with two attached hydrogens (primary N) is 1. The van der Waals surface area contributed by atoms with Crippen molar-refractivity contribution in [1.82, 2.24) is 9.78 Å². The highest BCUT2D eigenvalue weighted by atomic mass is 35.5. The van der Waals surface area contributed by atoms with E-state index < -0.39 is 0 Å². The predicted octanol–water partition coefficient (Wildman–Crippen LogP) is 3.47. The van der Waals surface area contributed by atoms with Crippen molar-refractivity contribution in [2.75, 3.05) is 5.73 Å². The second kappa shape index (κ2) is 4.53. The molecule has 0 aliphatic heterocycles. The van der Waals surface area contributed by atoms with Crippen LogP contribution in [0.4, 0.5) is 5.82 Å². The van der Waals surface area contributed by atoms with Crippen LogP contribution >= 0.6 is 34.8 Å². The summed E-state index contributed by atoms with van der Waals surface area (Å²) in [6.07, 6.45) is 1.51. The van der Waals surface area contributed by atoms with Crippen molar-refractivity contribution in [3.05, 3.63) is 45.0 Å². The molecule has 0 saturated carbocycles. The fraction of sp³-hybridized carbons (Fsp3) is 0.100. The third kappa shape index (κ3) is 2.26. The van der Waals surface area contributed by atoms with Crippen LogP contribution in [0.2, 0.25) is 15.1 Å². The lowest BCUT2D eigenvalue weighted by Gasteiger charge is -2.05. The zero-order valence-electron chi connectivity index (χ0n) is 8.12. The second-order valence-electron chi connectivity index (χ2n) is 3.28. The summed E-state index contributed by atoms with van der Waals surface area (Å²) in [5, 5.41) is 5.53. The third-order valence-corrected chi connectivity index (χ3v) is 3.18. The van der Waals surface area contributed by atoms with Gasteiger partial charge in [0, 0.05) is 0 Å². The van der Waals surface area contributed by atoms with Gasteiger partial charge in [0.1, 0.15) is 10.8 Å². The van der Waals surface area contributed by atoms with Crippen LogP contribution in [-0.2, 0) is 6.54 Å². The number of hydrogen-bond donors (Lipinski definition) is 1. The number of benzene rings is 1. The molecule has 2 N–H and O–H groups in total. The number of rotatable bonds is 2. The van der Waals surface area contributed by atoms with E-state index in [1.807, 2.05) is 6.07 Å². The van der Waals surface area contributed by atoms with E-state index in [9.17, 15) is 0 Å². The Labute approximate surface area is 108 Å². The van der Waals surface area contributed by atoms with Crippen LogP contribution in [0, 0.1) is 0 Å². The molecule has 0 aliphatic rings. The zero-order valence-corrected chi connectivity index (χ0v) is 10.4. The second-order valence-corrected chi connectivity index (χ2v) is 4.51. The van der Waals surface area contributed by atoms with E-state index in [0.29, 0.717) is 27.4 Å². The molecule has 0 bridgehead atoms. The minimum Gasteiger partial charge on any atom is -0.383 e. The van der Waals surface area contributed by atoms with Gasteiger partial charge in [0.2, 0.25) is 0 Å². The third-order valence-electron chi connectivity index (χ3n) is 2.15. The highest BCUT2D eigenvalue weighted by Gasteiger charge is 2.06. The number of aromatic nitrogens is 2. The molecule has 0 aliphatic carbocycles. The van der Waals surface area contributed by atoms with Gasteiger partial charge in [-0.1, -0.05) is 40.9 Å². The van der Waals surface area contributed by atoms with Crippen LogP contribution in [0.3, 0.4) is 0 Å². The first kappa shape index (κ1) is 11.6. The monoisotopic (exact) mass is 275 g/mol. The molecule has 0 unspecified atom stereocenters. The number of nitrogens with zero attached hydrogens (tertiary/aromatic N) is 2. The summed E-state index contributed by atoms with van der Waals surface area (Å²) in [6, 6.07) is 5.38. The van der Waals surface area contributed by atoms with Crippen LogP contribution in [-0.4, -0.2) is 9.78 Å². The summed E-state index contributed by atoms with van der Waals surface area (Å²) in [5.41, 5.74) is 6.69. The summed E-state index contributed by atoms with van der Waals surface area (Å²) >= 11 is 17.5. The molecule has 16 heavy (non-hydrogen) atoms. The van der Waals surface area contributed by atoms with Crippen molar-refractivity contribution in [3.8, 4) is 0 Å². The lowest BCUT2D eigenvalue weighted by molar-refractivity contribution is 0.697. The number of hydrogen-bond acceptors (Lipinski definition) is 2. The van der Waals surface area contributed by atoms with E-state index in [-0.39, 0.29) is 0 Å². The van der Waals surface area contributed by atoms with Crippen LogP contribution in [0.15, 0.2) is 24.4 Å². The van der Waals surface area contributed by atoms with Gasteiger partial charge in [0.15, 0.2) is 0 Å². The first-order chi connectivity index (χ1) is 7.58. The summed E-state index contributed by atoms with van der Waals surface area (Å²) in [7, 11) is 0. The van der Waals surface area contributed by atoms with Crippen molar-refractivity contribution < 1.29 is 0 Å². The SMILES string of the molecule is Nc1c(Cl)cnn1Cc1ccc(Cl)c(Cl)c1. The van der Waals surface area contributed by atoms with E-state index in [2.05, 4.69) is 5.10 Å². The molecule has 2 rings (SSSR count). The maximum Gasteiger partial charge on any atom is 0.140 e.